The predicted octanol–water partition coefficient (Wildman–Crippen LogP) is 3.07. The highest BCUT2D eigenvalue weighted by Gasteiger charge is 2.29. The molecule has 0 unspecified atom stereocenters. The van der Waals surface area contributed by atoms with Crippen molar-refractivity contribution < 1.29 is 0 Å². The minimum absolute atomic E-state index is 0.691. The molecule has 4 heteroatoms. The monoisotopic (exact) mass is 306 g/mol. The van der Waals surface area contributed by atoms with Crippen LogP contribution in [0.15, 0.2) is 0 Å². The molecule has 22 heavy (non-hydrogen) atoms. The molecule has 1 saturated heterocycles. The van der Waals surface area contributed by atoms with Gasteiger partial charge in [0.1, 0.15) is 0 Å². The number of rotatable bonds is 6. The van der Waals surface area contributed by atoms with E-state index in [9.17, 15) is 0 Å². The van der Waals surface area contributed by atoms with Crippen molar-refractivity contribution in [2.45, 2.75) is 66.6 Å². The summed E-state index contributed by atoms with van der Waals surface area (Å²) in [6, 6.07) is 0.691. The van der Waals surface area contributed by atoms with E-state index < -0.39 is 0 Å². The first-order chi connectivity index (χ1) is 10.5. The molecule has 0 radical (unpaired) electrons. The molecule has 0 saturated carbocycles. The number of piperidine rings is 1. The summed E-state index contributed by atoms with van der Waals surface area (Å²) >= 11 is 0. The molecule has 1 aliphatic rings. The van der Waals surface area contributed by atoms with Crippen LogP contribution in [0.2, 0.25) is 0 Å². The summed E-state index contributed by atoms with van der Waals surface area (Å²) in [4.78, 5) is 5.13. The second-order valence-electron chi connectivity index (χ2n) is 7.01. The Morgan fingerprint density at radius 3 is 2.59 bits per heavy atom. The molecule has 0 amide bonds. The molecular formula is C18H34N4. The highest BCUT2D eigenvalue weighted by atomic mass is 15.3. The van der Waals surface area contributed by atoms with Gasteiger partial charge in [0, 0.05) is 36.9 Å². The molecule has 2 heterocycles. The van der Waals surface area contributed by atoms with Crippen LogP contribution in [0, 0.1) is 19.8 Å². The molecule has 2 atom stereocenters. The van der Waals surface area contributed by atoms with Gasteiger partial charge in [-0.05, 0) is 52.7 Å². The molecular weight excluding hydrogens is 272 g/mol. The minimum Gasteiger partial charge on any atom is -0.303 e. The van der Waals surface area contributed by atoms with Crippen LogP contribution in [0.1, 0.15) is 50.6 Å². The lowest BCUT2D eigenvalue weighted by atomic mass is 9.92. The SMILES string of the molecule is CCCn1nc(C)c(CN(C)[C@H]2CCN(CC)C[C@H]2C)c1C. The van der Waals surface area contributed by atoms with Crippen molar-refractivity contribution in [1.82, 2.24) is 19.6 Å². The van der Waals surface area contributed by atoms with Gasteiger partial charge in [-0.2, -0.15) is 5.10 Å². The summed E-state index contributed by atoms with van der Waals surface area (Å²) in [6.45, 7) is 17.0. The first-order valence-electron chi connectivity index (χ1n) is 8.93. The standard InChI is InChI=1S/C18H34N4/c1-7-10-22-16(5)17(15(4)19-22)13-20(6)18-9-11-21(8-2)12-14(18)3/h14,18H,7-13H2,1-6H3/t14-,18+/m1/s1. The molecule has 1 aliphatic heterocycles. The highest BCUT2D eigenvalue weighted by molar-refractivity contribution is 5.24. The lowest BCUT2D eigenvalue weighted by Crippen LogP contribution is -2.48. The zero-order chi connectivity index (χ0) is 16.3. The van der Waals surface area contributed by atoms with Gasteiger partial charge in [-0.1, -0.05) is 20.8 Å². The summed E-state index contributed by atoms with van der Waals surface area (Å²) in [5, 5.41) is 4.72. The third-order valence-electron chi connectivity index (χ3n) is 5.33. The van der Waals surface area contributed by atoms with Crippen LogP contribution < -0.4 is 0 Å². The molecule has 1 fully saturated rings. The smallest absolute Gasteiger partial charge is 0.0641 e. The van der Waals surface area contributed by atoms with Crippen LogP contribution in [-0.2, 0) is 13.1 Å². The zero-order valence-corrected chi connectivity index (χ0v) is 15.4. The number of hydrogen-bond acceptors (Lipinski definition) is 3. The van der Waals surface area contributed by atoms with E-state index in [4.69, 9.17) is 5.10 Å². The number of aryl methyl sites for hydroxylation is 2. The van der Waals surface area contributed by atoms with E-state index in [0.717, 1.165) is 25.4 Å². The van der Waals surface area contributed by atoms with Gasteiger partial charge in [-0.25, -0.2) is 0 Å². The molecule has 0 aliphatic carbocycles. The third-order valence-corrected chi connectivity index (χ3v) is 5.33. The van der Waals surface area contributed by atoms with Crippen molar-refractivity contribution in [3.8, 4) is 0 Å². The van der Waals surface area contributed by atoms with E-state index in [-0.39, 0.29) is 0 Å². The van der Waals surface area contributed by atoms with Crippen molar-refractivity contribution in [2.75, 3.05) is 26.7 Å². The molecule has 0 aromatic carbocycles. The van der Waals surface area contributed by atoms with E-state index in [0.29, 0.717) is 6.04 Å². The minimum atomic E-state index is 0.691. The average molecular weight is 306 g/mol. The number of nitrogens with zero attached hydrogens (tertiary/aromatic N) is 4. The van der Waals surface area contributed by atoms with Gasteiger partial charge in [0.2, 0.25) is 0 Å². The van der Waals surface area contributed by atoms with Crippen molar-refractivity contribution >= 4 is 0 Å². The predicted molar refractivity (Wildman–Crippen MR) is 93.1 cm³/mol. The van der Waals surface area contributed by atoms with Crippen molar-refractivity contribution in [3.63, 3.8) is 0 Å². The Bertz CT molecular complexity index is 480. The Kier molecular flexibility index (Phi) is 6.04. The average Bonchev–Trinajstić information content (AvgIpc) is 2.75. The fraction of sp³-hybridized carbons (Fsp3) is 0.833. The summed E-state index contributed by atoms with van der Waals surface area (Å²) in [5.74, 6) is 0.741. The van der Waals surface area contributed by atoms with Crippen molar-refractivity contribution in [3.05, 3.63) is 17.0 Å². The van der Waals surface area contributed by atoms with E-state index >= 15 is 0 Å². The molecule has 2 rings (SSSR count). The number of hydrogen-bond donors (Lipinski definition) is 0. The number of likely N-dealkylation sites (tertiary alicyclic amines) is 1. The zero-order valence-electron chi connectivity index (χ0n) is 15.4. The first kappa shape index (κ1) is 17.5. The van der Waals surface area contributed by atoms with Crippen molar-refractivity contribution in [1.29, 1.82) is 0 Å². The molecule has 1 aromatic heterocycles. The lowest BCUT2D eigenvalue weighted by molar-refractivity contribution is 0.0785. The molecule has 4 nitrogen and oxygen atoms in total. The third kappa shape index (κ3) is 3.72. The largest absolute Gasteiger partial charge is 0.303 e. The van der Waals surface area contributed by atoms with E-state index in [1.807, 2.05) is 0 Å². The molecule has 126 valence electrons. The lowest BCUT2D eigenvalue weighted by Gasteiger charge is -2.41. The van der Waals surface area contributed by atoms with Crippen LogP contribution in [0.25, 0.3) is 0 Å². The van der Waals surface area contributed by atoms with Crippen LogP contribution in [0.4, 0.5) is 0 Å². The van der Waals surface area contributed by atoms with Crippen molar-refractivity contribution in [2.24, 2.45) is 5.92 Å². The van der Waals surface area contributed by atoms with Gasteiger partial charge in [0.15, 0.2) is 0 Å². The Labute approximate surface area is 136 Å². The Hall–Kier alpha value is -0.870. The Balaban J connectivity index is 2.04. The van der Waals surface area contributed by atoms with Crippen LogP contribution >= 0.6 is 0 Å². The second-order valence-corrected chi connectivity index (χ2v) is 7.01. The van der Waals surface area contributed by atoms with E-state index in [1.54, 1.807) is 0 Å². The van der Waals surface area contributed by atoms with Gasteiger partial charge in [0.25, 0.3) is 0 Å². The van der Waals surface area contributed by atoms with E-state index in [1.165, 1.54) is 43.0 Å². The molecule has 0 bridgehead atoms. The molecule has 0 spiro atoms. The maximum Gasteiger partial charge on any atom is 0.0641 e. The van der Waals surface area contributed by atoms with Gasteiger partial charge in [0.05, 0.1) is 5.69 Å². The molecule has 1 aromatic rings. The maximum absolute atomic E-state index is 4.72. The van der Waals surface area contributed by atoms with Gasteiger partial charge in [-0.15, -0.1) is 0 Å². The number of aromatic nitrogens is 2. The van der Waals surface area contributed by atoms with Gasteiger partial charge < -0.3 is 4.90 Å². The summed E-state index contributed by atoms with van der Waals surface area (Å²) < 4.78 is 2.18. The van der Waals surface area contributed by atoms with Gasteiger partial charge in [-0.3, -0.25) is 9.58 Å². The van der Waals surface area contributed by atoms with Crippen LogP contribution in [0.5, 0.6) is 0 Å². The maximum atomic E-state index is 4.72. The van der Waals surface area contributed by atoms with Gasteiger partial charge >= 0.3 is 0 Å². The summed E-state index contributed by atoms with van der Waals surface area (Å²) in [6.07, 6.45) is 2.43. The summed E-state index contributed by atoms with van der Waals surface area (Å²) in [5.41, 5.74) is 3.99. The first-order valence-corrected chi connectivity index (χ1v) is 8.93. The topological polar surface area (TPSA) is 24.3 Å². The Morgan fingerprint density at radius 1 is 1.27 bits per heavy atom. The van der Waals surface area contributed by atoms with Crippen LogP contribution in [0.3, 0.4) is 0 Å². The quantitative estimate of drug-likeness (QED) is 0.807. The highest BCUT2D eigenvalue weighted by Crippen LogP contribution is 2.24. The fourth-order valence-corrected chi connectivity index (χ4v) is 3.92. The fourth-order valence-electron chi connectivity index (χ4n) is 3.92. The van der Waals surface area contributed by atoms with E-state index in [2.05, 4.69) is 56.1 Å². The molecule has 0 N–H and O–H groups in total. The Morgan fingerprint density at radius 2 is 2.00 bits per heavy atom. The normalized spacial score (nSPS) is 23.4. The second kappa shape index (κ2) is 7.60. The summed E-state index contributed by atoms with van der Waals surface area (Å²) in [7, 11) is 2.29. The van der Waals surface area contributed by atoms with Crippen LogP contribution in [-0.4, -0.2) is 52.3 Å².